The van der Waals surface area contributed by atoms with Crippen molar-refractivity contribution in [3.05, 3.63) is 84.4 Å². The summed E-state index contributed by atoms with van der Waals surface area (Å²) in [4.78, 5) is 4.12. The number of imidazole rings is 1. The molecule has 0 aliphatic heterocycles. The number of rotatable bonds is 9. The number of nitrogens with one attached hydrogen (secondary N) is 1. The summed E-state index contributed by atoms with van der Waals surface area (Å²) in [7, 11) is 0. The zero-order valence-corrected chi connectivity index (χ0v) is 18.0. The first-order valence-corrected chi connectivity index (χ1v) is 9.19. The fourth-order valence-corrected chi connectivity index (χ4v) is 2.98. The second-order valence-corrected chi connectivity index (χ2v) is 6.81. The van der Waals surface area contributed by atoms with Gasteiger partial charge in [0.05, 0.1) is 6.33 Å². The third kappa shape index (κ3) is 7.55. The molecule has 0 aliphatic carbocycles. The van der Waals surface area contributed by atoms with Gasteiger partial charge in [-0.3, -0.25) is 0 Å². The first-order valence-electron chi connectivity index (χ1n) is 9.19. The Balaban J connectivity index is 0.00000196. The molecule has 1 atom stereocenters. The van der Waals surface area contributed by atoms with Crippen molar-refractivity contribution in [2.45, 2.75) is 45.5 Å². The topological polar surface area (TPSA) is 39.1 Å². The van der Waals surface area contributed by atoms with Gasteiger partial charge in [0, 0.05) is 31.0 Å². The van der Waals surface area contributed by atoms with Crippen LogP contribution in [0.4, 0.5) is 0 Å². The average molecular weight is 422 g/mol. The van der Waals surface area contributed by atoms with Crippen LogP contribution < -0.4 is 10.1 Å². The van der Waals surface area contributed by atoms with Crippen LogP contribution in [0.1, 0.15) is 37.4 Å². The van der Waals surface area contributed by atoms with Crippen molar-refractivity contribution in [2.24, 2.45) is 0 Å². The predicted octanol–water partition coefficient (Wildman–Crippen LogP) is 5.44. The molecule has 0 bridgehead atoms. The van der Waals surface area contributed by atoms with Gasteiger partial charge >= 0.3 is 0 Å². The van der Waals surface area contributed by atoms with Gasteiger partial charge in [-0.05, 0) is 29.7 Å². The van der Waals surface area contributed by atoms with E-state index in [1.165, 1.54) is 11.1 Å². The third-order valence-corrected chi connectivity index (χ3v) is 4.30. The van der Waals surface area contributed by atoms with Gasteiger partial charge in [0.1, 0.15) is 12.4 Å². The molecule has 1 N–H and O–H groups in total. The molecule has 2 aromatic carbocycles. The predicted molar refractivity (Wildman–Crippen MR) is 120 cm³/mol. The monoisotopic (exact) mass is 421 g/mol. The smallest absolute Gasteiger partial charge is 0.119 e. The van der Waals surface area contributed by atoms with E-state index in [0.29, 0.717) is 18.7 Å². The van der Waals surface area contributed by atoms with Crippen LogP contribution in [0.5, 0.6) is 5.75 Å². The molecule has 3 aromatic rings. The van der Waals surface area contributed by atoms with Crippen molar-refractivity contribution in [1.82, 2.24) is 14.9 Å². The molecule has 0 saturated heterocycles. The molecule has 28 heavy (non-hydrogen) atoms. The van der Waals surface area contributed by atoms with Gasteiger partial charge in [-0.15, -0.1) is 24.8 Å². The molecule has 1 aromatic heterocycles. The van der Waals surface area contributed by atoms with Crippen molar-refractivity contribution >= 4 is 24.8 Å². The Labute approximate surface area is 180 Å². The minimum absolute atomic E-state index is 0. The summed E-state index contributed by atoms with van der Waals surface area (Å²) in [5, 5.41) is 3.66. The Morgan fingerprint density at radius 1 is 1.00 bits per heavy atom. The van der Waals surface area contributed by atoms with E-state index in [4.69, 9.17) is 4.74 Å². The van der Waals surface area contributed by atoms with E-state index in [1.54, 1.807) is 0 Å². The quantitative estimate of drug-likeness (QED) is 0.500. The summed E-state index contributed by atoms with van der Waals surface area (Å²) in [5.74, 6) is 0.899. The first kappa shape index (κ1) is 24.0. The summed E-state index contributed by atoms with van der Waals surface area (Å²) < 4.78 is 8.01. The van der Waals surface area contributed by atoms with Crippen LogP contribution in [0.3, 0.4) is 0 Å². The van der Waals surface area contributed by atoms with Crippen LogP contribution in [0.25, 0.3) is 0 Å². The molecule has 0 saturated carbocycles. The first-order chi connectivity index (χ1) is 12.7. The molecule has 0 fully saturated rings. The number of ether oxygens (including phenoxy) is 1. The Morgan fingerprint density at radius 2 is 1.71 bits per heavy atom. The number of aromatic nitrogens is 2. The second kappa shape index (κ2) is 12.4. The number of hydrogen-bond donors (Lipinski definition) is 1. The highest BCUT2D eigenvalue weighted by Crippen LogP contribution is 2.22. The van der Waals surface area contributed by atoms with Crippen LogP contribution >= 0.6 is 24.8 Å². The molecular formula is C22H29Cl2N3O. The van der Waals surface area contributed by atoms with E-state index in [2.05, 4.69) is 65.1 Å². The fourth-order valence-electron chi connectivity index (χ4n) is 2.98. The zero-order valence-electron chi connectivity index (χ0n) is 16.3. The number of hydrogen-bond acceptors (Lipinski definition) is 3. The molecule has 1 unspecified atom stereocenters. The van der Waals surface area contributed by atoms with Gasteiger partial charge in [-0.25, -0.2) is 4.98 Å². The summed E-state index contributed by atoms with van der Waals surface area (Å²) in [6.45, 7) is 5.90. The molecule has 6 heteroatoms. The molecule has 0 spiro atoms. The van der Waals surface area contributed by atoms with E-state index in [1.807, 2.05) is 36.9 Å². The lowest BCUT2D eigenvalue weighted by Gasteiger charge is -2.22. The summed E-state index contributed by atoms with van der Waals surface area (Å²) in [5.41, 5.74) is 2.46. The Bertz CT molecular complexity index is 762. The number of nitrogens with zero attached hydrogens (tertiary/aromatic N) is 2. The minimum Gasteiger partial charge on any atom is -0.489 e. The van der Waals surface area contributed by atoms with Crippen molar-refractivity contribution in [3.63, 3.8) is 0 Å². The second-order valence-electron chi connectivity index (χ2n) is 6.81. The van der Waals surface area contributed by atoms with Crippen molar-refractivity contribution in [1.29, 1.82) is 0 Å². The number of halogens is 2. The molecule has 4 nitrogen and oxygen atoms in total. The molecule has 3 rings (SSSR count). The van der Waals surface area contributed by atoms with Gasteiger partial charge in [-0.2, -0.15) is 0 Å². The molecule has 0 amide bonds. The lowest BCUT2D eigenvalue weighted by molar-refractivity contribution is 0.306. The highest BCUT2D eigenvalue weighted by molar-refractivity contribution is 5.85. The number of benzene rings is 2. The highest BCUT2D eigenvalue weighted by Gasteiger charge is 2.13. The van der Waals surface area contributed by atoms with Crippen molar-refractivity contribution < 1.29 is 4.74 Å². The summed E-state index contributed by atoms with van der Waals surface area (Å²) in [6, 6.07) is 19.4. The van der Waals surface area contributed by atoms with E-state index >= 15 is 0 Å². The number of aryl methyl sites for hydroxylation is 1. The SMILES string of the molecule is CC(C)NC(CCn1ccnc1)c1ccc(OCc2ccccc2)cc1.Cl.Cl. The van der Waals surface area contributed by atoms with E-state index in [0.717, 1.165) is 18.7 Å². The maximum Gasteiger partial charge on any atom is 0.119 e. The Morgan fingerprint density at radius 3 is 2.32 bits per heavy atom. The fraction of sp³-hybridized carbons (Fsp3) is 0.318. The molecule has 0 radical (unpaired) electrons. The largest absolute Gasteiger partial charge is 0.489 e. The van der Waals surface area contributed by atoms with Crippen molar-refractivity contribution in [2.75, 3.05) is 0 Å². The standard InChI is InChI=1S/C22H27N3O.2ClH/c1-18(2)24-22(12-14-25-15-13-23-17-25)20-8-10-21(11-9-20)26-16-19-6-4-3-5-7-19;;/h3-11,13,15,17-18,22,24H,12,14,16H2,1-2H3;2*1H. The van der Waals surface area contributed by atoms with Gasteiger partial charge in [-0.1, -0.05) is 56.3 Å². The maximum atomic E-state index is 5.89. The van der Waals surface area contributed by atoms with Gasteiger partial charge < -0.3 is 14.6 Å². The van der Waals surface area contributed by atoms with Crippen molar-refractivity contribution in [3.8, 4) is 5.75 Å². The van der Waals surface area contributed by atoms with Crippen LogP contribution in [0, 0.1) is 0 Å². The average Bonchev–Trinajstić information content (AvgIpc) is 3.18. The van der Waals surface area contributed by atoms with Crippen LogP contribution in [-0.2, 0) is 13.2 Å². The molecular weight excluding hydrogens is 393 g/mol. The molecule has 152 valence electrons. The van der Waals surface area contributed by atoms with Gasteiger partial charge in [0.2, 0.25) is 0 Å². The van der Waals surface area contributed by atoms with Crippen LogP contribution in [0.15, 0.2) is 73.3 Å². The van der Waals surface area contributed by atoms with Gasteiger partial charge in [0.15, 0.2) is 0 Å². The van der Waals surface area contributed by atoms with Crippen LogP contribution in [-0.4, -0.2) is 15.6 Å². The van der Waals surface area contributed by atoms with Gasteiger partial charge in [0.25, 0.3) is 0 Å². The Kier molecular flexibility index (Phi) is 10.7. The molecule has 1 heterocycles. The summed E-state index contributed by atoms with van der Waals surface area (Å²) in [6.07, 6.45) is 6.71. The zero-order chi connectivity index (χ0) is 18.2. The van der Waals surface area contributed by atoms with E-state index < -0.39 is 0 Å². The maximum absolute atomic E-state index is 5.89. The lowest BCUT2D eigenvalue weighted by atomic mass is 10.0. The normalized spacial score (nSPS) is 11.4. The van der Waals surface area contributed by atoms with Crippen LogP contribution in [0.2, 0.25) is 0 Å². The highest BCUT2D eigenvalue weighted by atomic mass is 35.5. The Hall–Kier alpha value is -2.01. The third-order valence-electron chi connectivity index (χ3n) is 4.30. The van der Waals surface area contributed by atoms with E-state index in [9.17, 15) is 0 Å². The molecule has 0 aliphatic rings. The lowest BCUT2D eigenvalue weighted by Crippen LogP contribution is -2.29. The summed E-state index contributed by atoms with van der Waals surface area (Å²) >= 11 is 0. The minimum atomic E-state index is 0. The van der Waals surface area contributed by atoms with E-state index in [-0.39, 0.29) is 24.8 Å².